The van der Waals surface area contributed by atoms with Gasteiger partial charge in [0.1, 0.15) is 12.1 Å². The highest BCUT2D eigenvalue weighted by atomic mass is 16.5. The predicted molar refractivity (Wildman–Crippen MR) is 155 cm³/mol. The van der Waals surface area contributed by atoms with Crippen molar-refractivity contribution in [1.29, 1.82) is 0 Å². The van der Waals surface area contributed by atoms with Gasteiger partial charge < -0.3 is 9.30 Å². The molecule has 6 rings (SSSR count). The van der Waals surface area contributed by atoms with Crippen LogP contribution in [0.5, 0.6) is 0 Å². The standard InChI is InChI=1S/C30H34N8O3/c1-4-5-10-25-31-28-26(29(39)37(18-20-11-12-20)30(40)38(28)19(2)41-3)36(25)17-21-13-15-22(16-14-21)23-8-6-7-9-24(23)27-32-34-35-33-27/h6-9,13-16,19-20H,4-5,10-12,17-18H2,1-3H3,(H,32,33,34,35). The van der Waals surface area contributed by atoms with Crippen molar-refractivity contribution in [3.05, 3.63) is 80.8 Å². The van der Waals surface area contributed by atoms with Crippen LogP contribution in [-0.2, 0) is 24.2 Å². The third-order valence-corrected chi connectivity index (χ3v) is 7.86. The van der Waals surface area contributed by atoms with E-state index in [4.69, 9.17) is 9.72 Å². The van der Waals surface area contributed by atoms with Crippen LogP contribution >= 0.6 is 0 Å². The second-order valence-corrected chi connectivity index (χ2v) is 10.7. The van der Waals surface area contributed by atoms with Crippen molar-refractivity contribution < 1.29 is 4.74 Å². The second kappa shape index (κ2) is 11.2. The lowest BCUT2D eigenvalue weighted by atomic mass is 9.98. The van der Waals surface area contributed by atoms with Crippen LogP contribution in [0.25, 0.3) is 33.7 Å². The number of methoxy groups -OCH3 is 1. The zero-order valence-corrected chi connectivity index (χ0v) is 23.6. The van der Waals surface area contributed by atoms with E-state index in [1.165, 1.54) is 9.13 Å². The van der Waals surface area contributed by atoms with Gasteiger partial charge in [0, 0.05) is 32.2 Å². The lowest BCUT2D eigenvalue weighted by Crippen LogP contribution is -2.42. The molecule has 0 bridgehead atoms. The van der Waals surface area contributed by atoms with E-state index in [1.54, 1.807) is 7.11 Å². The van der Waals surface area contributed by atoms with Gasteiger partial charge in [-0.05, 0) is 54.0 Å². The molecule has 1 aliphatic carbocycles. The maximum absolute atomic E-state index is 13.9. The second-order valence-electron chi connectivity index (χ2n) is 10.7. The summed E-state index contributed by atoms with van der Waals surface area (Å²) in [6.07, 6.45) is 4.14. The Labute approximate surface area is 236 Å². The van der Waals surface area contributed by atoms with Crippen LogP contribution in [0.3, 0.4) is 0 Å². The van der Waals surface area contributed by atoms with E-state index in [9.17, 15) is 9.59 Å². The lowest BCUT2D eigenvalue weighted by molar-refractivity contribution is 0.0584. The number of imidazole rings is 1. The summed E-state index contributed by atoms with van der Waals surface area (Å²) in [4.78, 5) is 32.3. The molecule has 11 heteroatoms. The molecule has 1 saturated carbocycles. The van der Waals surface area contributed by atoms with Gasteiger partial charge in [-0.2, -0.15) is 5.21 Å². The van der Waals surface area contributed by atoms with E-state index in [2.05, 4.69) is 51.8 Å². The first-order chi connectivity index (χ1) is 20.0. The maximum atomic E-state index is 13.9. The summed E-state index contributed by atoms with van der Waals surface area (Å²) in [7, 11) is 1.56. The van der Waals surface area contributed by atoms with Gasteiger partial charge in [0.25, 0.3) is 5.56 Å². The number of nitrogens with zero attached hydrogens (tertiary/aromatic N) is 7. The molecule has 3 aromatic heterocycles. The molecule has 2 aromatic carbocycles. The molecule has 0 saturated heterocycles. The van der Waals surface area contributed by atoms with E-state index >= 15 is 0 Å². The van der Waals surface area contributed by atoms with E-state index in [1.807, 2.05) is 35.8 Å². The van der Waals surface area contributed by atoms with Gasteiger partial charge in [-0.15, -0.1) is 10.2 Å². The summed E-state index contributed by atoms with van der Waals surface area (Å²) in [6, 6.07) is 16.2. The smallest absolute Gasteiger partial charge is 0.334 e. The average Bonchev–Trinajstić information content (AvgIpc) is 3.51. The summed E-state index contributed by atoms with van der Waals surface area (Å²) in [5, 5.41) is 14.5. The normalized spacial score (nSPS) is 14.1. The fourth-order valence-corrected chi connectivity index (χ4v) is 5.33. The van der Waals surface area contributed by atoms with Gasteiger partial charge in [0.15, 0.2) is 11.2 Å². The van der Waals surface area contributed by atoms with Crippen LogP contribution < -0.4 is 11.2 Å². The number of aromatic nitrogens is 8. The molecule has 1 atom stereocenters. The predicted octanol–water partition coefficient (Wildman–Crippen LogP) is 4.17. The summed E-state index contributed by atoms with van der Waals surface area (Å²) < 4.78 is 10.5. The van der Waals surface area contributed by atoms with Crippen molar-refractivity contribution in [2.75, 3.05) is 7.11 Å². The minimum absolute atomic E-state index is 0.280. The minimum atomic E-state index is -0.558. The first-order valence-electron chi connectivity index (χ1n) is 14.2. The number of aromatic amines is 1. The Morgan fingerprint density at radius 1 is 1.05 bits per heavy atom. The van der Waals surface area contributed by atoms with Gasteiger partial charge in [-0.3, -0.25) is 9.36 Å². The molecule has 0 radical (unpaired) electrons. The molecule has 1 aliphatic rings. The number of H-pyrrole nitrogens is 1. The van der Waals surface area contributed by atoms with Gasteiger partial charge in [0.05, 0.1) is 0 Å². The monoisotopic (exact) mass is 554 g/mol. The van der Waals surface area contributed by atoms with Crippen molar-refractivity contribution in [2.24, 2.45) is 5.92 Å². The Hall–Kier alpha value is -4.38. The zero-order valence-electron chi connectivity index (χ0n) is 23.6. The summed E-state index contributed by atoms with van der Waals surface area (Å²) in [5.41, 5.74) is 4.12. The highest BCUT2D eigenvalue weighted by molar-refractivity contribution is 5.80. The van der Waals surface area contributed by atoms with Gasteiger partial charge in [-0.1, -0.05) is 61.9 Å². The topological polar surface area (TPSA) is 126 Å². The third-order valence-electron chi connectivity index (χ3n) is 7.86. The van der Waals surface area contributed by atoms with Crippen molar-refractivity contribution in [2.45, 2.75) is 65.3 Å². The fraction of sp³-hybridized carbons (Fsp3) is 0.400. The molecule has 3 heterocycles. The number of nitrogens with one attached hydrogen (secondary N) is 1. The van der Waals surface area contributed by atoms with Crippen LogP contribution in [0.1, 0.15) is 57.1 Å². The third kappa shape index (κ3) is 5.13. The fourth-order valence-electron chi connectivity index (χ4n) is 5.33. The van der Waals surface area contributed by atoms with Crippen LogP contribution in [0.4, 0.5) is 0 Å². The SMILES string of the molecule is CCCCc1nc2c(c(=O)n(CC3CC3)c(=O)n2C(C)OC)n1Cc1ccc(-c2ccccc2-c2nn[nH]n2)cc1. The highest BCUT2D eigenvalue weighted by Gasteiger charge is 2.28. The summed E-state index contributed by atoms with van der Waals surface area (Å²) in [6.45, 7) is 4.82. The Balaban J connectivity index is 1.44. The molecule has 5 aromatic rings. The average molecular weight is 555 g/mol. The van der Waals surface area contributed by atoms with E-state index < -0.39 is 6.23 Å². The Morgan fingerprint density at radius 3 is 2.46 bits per heavy atom. The number of rotatable bonds is 11. The maximum Gasteiger partial charge on any atom is 0.334 e. The molecule has 11 nitrogen and oxygen atoms in total. The first kappa shape index (κ1) is 26.8. The minimum Gasteiger partial charge on any atom is -0.361 e. The number of hydrogen-bond donors (Lipinski definition) is 1. The first-order valence-corrected chi connectivity index (χ1v) is 14.2. The van der Waals surface area contributed by atoms with Gasteiger partial charge in [-0.25, -0.2) is 14.3 Å². The van der Waals surface area contributed by atoms with Crippen LogP contribution in [0.2, 0.25) is 0 Å². The molecule has 212 valence electrons. The molecule has 41 heavy (non-hydrogen) atoms. The van der Waals surface area contributed by atoms with Gasteiger partial charge >= 0.3 is 5.69 Å². The number of fused-ring (bicyclic) bond motifs is 1. The Bertz CT molecular complexity index is 1780. The number of hydrogen-bond acceptors (Lipinski definition) is 7. The molecule has 0 aliphatic heterocycles. The highest BCUT2D eigenvalue weighted by Crippen LogP contribution is 2.31. The largest absolute Gasteiger partial charge is 0.361 e. The number of benzene rings is 2. The van der Waals surface area contributed by atoms with E-state index in [0.717, 1.165) is 53.8 Å². The van der Waals surface area contributed by atoms with Crippen molar-refractivity contribution >= 4 is 11.2 Å². The lowest BCUT2D eigenvalue weighted by Gasteiger charge is -2.17. The van der Waals surface area contributed by atoms with Crippen LogP contribution in [0.15, 0.2) is 58.1 Å². The molecular formula is C30H34N8O3. The number of tetrazole rings is 1. The van der Waals surface area contributed by atoms with Crippen molar-refractivity contribution in [1.82, 2.24) is 39.3 Å². The molecule has 1 fully saturated rings. The molecular weight excluding hydrogens is 520 g/mol. The Morgan fingerprint density at radius 2 is 1.80 bits per heavy atom. The quantitative estimate of drug-likeness (QED) is 0.260. The molecule has 1 unspecified atom stereocenters. The summed E-state index contributed by atoms with van der Waals surface area (Å²) >= 11 is 0. The summed E-state index contributed by atoms with van der Waals surface area (Å²) in [5.74, 6) is 1.70. The molecule has 1 N–H and O–H groups in total. The van der Waals surface area contributed by atoms with Crippen molar-refractivity contribution in [3.63, 3.8) is 0 Å². The van der Waals surface area contributed by atoms with Crippen LogP contribution in [0, 0.1) is 5.92 Å². The van der Waals surface area contributed by atoms with E-state index in [-0.39, 0.29) is 11.2 Å². The molecule has 0 spiro atoms. The molecule has 0 amide bonds. The number of ether oxygens (including phenoxy) is 1. The number of aryl methyl sites for hydroxylation is 1. The van der Waals surface area contributed by atoms with Crippen molar-refractivity contribution in [3.8, 4) is 22.5 Å². The van der Waals surface area contributed by atoms with E-state index in [0.29, 0.717) is 42.4 Å². The van der Waals surface area contributed by atoms with Crippen LogP contribution in [-0.4, -0.2) is 46.4 Å². The number of unbranched alkanes of at least 4 members (excludes halogenated alkanes) is 1. The van der Waals surface area contributed by atoms with Gasteiger partial charge in [0.2, 0.25) is 5.82 Å². The Kier molecular flexibility index (Phi) is 7.36. The zero-order chi connectivity index (χ0) is 28.5.